The van der Waals surface area contributed by atoms with Gasteiger partial charge in [0.1, 0.15) is 11.7 Å². The first-order chi connectivity index (χ1) is 12.3. The summed E-state index contributed by atoms with van der Waals surface area (Å²) in [6.45, 7) is 2.01. The van der Waals surface area contributed by atoms with Crippen LogP contribution in [0.4, 0.5) is 13.2 Å². The van der Waals surface area contributed by atoms with E-state index in [2.05, 4.69) is 4.18 Å². The van der Waals surface area contributed by atoms with Crippen molar-refractivity contribution in [1.29, 1.82) is 0 Å². The molecule has 1 aliphatic heterocycles. The van der Waals surface area contributed by atoms with Gasteiger partial charge in [0.05, 0.1) is 13.2 Å². The fourth-order valence-corrected chi connectivity index (χ4v) is 4.26. The van der Waals surface area contributed by atoms with Crippen LogP contribution in [0.3, 0.4) is 0 Å². The van der Waals surface area contributed by atoms with Gasteiger partial charge >= 0.3 is 15.6 Å². The second-order valence-electron chi connectivity index (χ2n) is 7.10. The number of aliphatic hydroxyl groups is 2. The second-order valence-corrected chi connectivity index (χ2v) is 8.67. The second kappa shape index (κ2) is 6.13. The molecule has 7 nitrogen and oxygen atoms in total. The van der Waals surface area contributed by atoms with Crippen LogP contribution >= 0.6 is 0 Å². The molecule has 1 saturated carbocycles. The highest BCUT2D eigenvalue weighted by Crippen LogP contribution is 2.71. The smallest absolute Gasteiger partial charge is 0.383 e. The van der Waals surface area contributed by atoms with Gasteiger partial charge in [-0.15, -0.1) is 0 Å². The maximum atomic E-state index is 12.6. The van der Waals surface area contributed by atoms with E-state index in [4.69, 9.17) is 9.47 Å². The van der Waals surface area contributed by atoms with Crippen molar-refractivity contribution < 1.29 is 45.5 Å². The molecule has 2 N–H and O–H groups in total. The van der Waals surface area contributed by atoms with Gasteiger partial charge in [-0.25, -0.2) is 0 Å². The summed E-state index contributed by atoms with van der Waals surface area (Å²) in [6.07, 6.45) is -3.33. The molecule has 0 spiro atoms. The summed E-state index contributed by atoms with van der Waals surface area (Å²) in [7, 11) is -5.98. The predicted molar refractivity (Wildman–Crippen MR) is 84.5 cm³/mol. The van der Waals surface area contributed by atoms with Crippen molar-refractivity contribution in [2.75, 3.05) is 6.61 Å². The highest BCUT2D eigenvalue weighted by Gasteiger charge is 2.91. The minimum atomic E-state index is -5.98. The molecule has 152 valence electrons. The first kappa shape index (κ1) is 20.5. The van der Waals surface area contributed by atoms with Crippen molar-refractivity contribution in [3.05, 3.63) is 35.9 Å². The van der Waals surface area contributed by atoms with Crippen LogP contribution in [0.1, 0.15) is 19.4 Å². The third-order valence-electron chi connectivity index (χ3n) is 5.40. The van der Waals surface area contributed by atoms with E-state index < -0.39 is 51.2 Å². The van der Waals surface area contributed by atoms with Crippen molar-refractivity contribution in [3.8, 4) is 0 Å². The van der Waals surface area contributed by atoms with Crippen LogP contribution in [0, 0.1) is 5.41 Å². The highest BCUT2D eigenvalue weighted by atomic mass is 32.2. The van der Waals surface area contributed by atoms with E-state index in [-0.39, 0.29) is 6.61 Å². The lowest BCUT2D eigenvalue weighted by Crippen LogP contribution is -2.55. The Morgan fingerprint density at radius 2 is 1.78 bits per heavy atom. The molecule has 2 aliphatic rings. The topological polar surface area (TPSA) is 102 Å². The Hall–Kier alpha value is -1.24. The molecule has 0 bridgehead atoms. The van der Waals surface area contributed by atoms with Gasteiger partial charge in [0.25, 0.3) is 0 Å². The van der Waals surface area contributed by atoms with Gasteiger partial charge < -0.3 is 19.7 Å². The normalized spacial score (nSPS) is 35.5. The zero-order chi connectivity index (χ0) is 20.3. The van der Waals surface area contributed by atoms with Crippen LogP contribution in [0.2, 0.25) is 0 Å². The van der Waals surface area contributed by atoms with E-state index >= 15 is 0 Å². The molecule has 1 aliphatic carbocycles. The molecule has 11 heteroatoms. The molecular formula is C16H19F3O7S. The SMILES string of the molecule is CC1(C)[C@]2(O)[C@H](OS(=O)(=O)C(F)(F)F)CO[C@H](OCc3ccccc3)[C@]12O. The molecule has 1 aromatic carbocycles. The lowest BCUT2D eigenvalue weighted by atomic mass is 10.0. The van der Waals surface area contributed by atoms with Crippen LogP contribution < -0.4 is 0 Å². The Balaban J connectivity index is 1.80. The van der Waals surface area contributed by atoms with Gasteiger partial charge in [0.15, 0.2) is 11.9 Å². The summed E-state index contributed by atoms with van der Waals surface area (Å²) in [5.74, 6) is 0. The molecule has 1 aromatic rings. The summed E-state index contributed by atoms with van der Waals surface area (Å²) in [5, 5.41) is 21.7. The molecule has 0 aromatic heterocycles. The van der Waals surface area contributed by atoms with Crippen LogP contribution in [-0.4, -0.2) is 54.3 Å². The number of benzene rings is 1. The highest BCUT2D eigenvalue weighted by molar-refractivity contribution is 7.87. The molecule has 0 unspecified atom stereocenters. The van der Waals surface area contributed by atoms with Crippen LogP contribution in [0.5, 0.6) is 0 Å². The molecule has 1 saturated heterocycles. The van der Waals surface area contributed by atoms with E-state index in [1.807, 2.05) is 0 Å². The summed E-state index contributed by atoms with van der Waals surface area (Å²) < 4.78 is 75.3. The average Bonchev–Trinajstić information content (AvgIpc) is 2.94. The number of hydrogen-bond donors (Lipinski definition) is 2. The maximum absolute atomic E-state index is 12.6. The van der Waals surface area contributed by atoms with Crippen molar-refractivity contribution in [2.24, 2.45) is 5.41 Å². The summed E-state index contributed by atoms with van der Waals surface area (Å²) >= 11 is 0. The third kappa shape index (κ3) is 2.79. The minimum Gasteiger partial charge on any atom is -0.383 e. The molecule has 1 heterocycles. The lowest BCUT2D eigenvalue weighted by Gasteiger charge is -2.35. The van der Waals surface area contributed by atoms with Crippen molar-refractivity contribution >= 4 is 10.1 Å². The van der Waals surface area contributed by atoms with Crippen LogP contribution in [0.15, 0.2) is 30.3 Å². The van der Waals surface area contributed by atoms with Gasteiger partial charge in [0.2, 0.25) is 0 Å². The average molecular weight is 412 g/mol. The zero-order valence-electron chi connectivity index (χ0n) is 14.4. The summed E-state index contributed by atoms with van der Waals surface area (Å²) in [5.41, 5.74) is -10.8. The number of rotatable bonds is 5. The first-order valence-corrected chi connectivity index (χ1v) is 9.41. The number of halogens is 3. The minimum absolute atomic E-state index is 0.00630. The van der Waals surface area contributed by atoms with Crippen molar-refractivity contribution in [2.45, 2.75) is 49.6 Å². The zero-order valence-corrected chi connectivity index (χ0v) is 15.2. The standard InChI is InChI=1S/C16H19F3O7S/c1-13(2)14(20)11(26-27(22,23)16(17,18)19)9-25-12(15(13,14)21)24-8-10-6-4-3-5-7-10/h3-7,11-12,20-21H,8-9H2,1-2H3/t11-,12+,14-,15+/m1/s1. The fourth-order valence-electron chi connectivity index (χ4n) is 3.65. The molecular weight excluding hydrogens is 393 g/mol. The van der Waals surface area contributed by atoms with Crippen LogP contribution in [-0.2, 0) is 30.4 Å². The molecule has 0 amide bonds. The van der Waals surface area contributed by atoms with E-state index in [1.54, 1.807) is 30.3 Å². The van der Waals surface area contributed by atoms with Crippen molar-refractivity contribution in [1.82, 2.24) is 0 Å². The Morgan fingerprint density at radius 1 is 1.19 bits per heavy atom. The molecule has 2 fully saturated rings. The van der Waals surface area contributed by atoms with E-state index in [1.165, 1.54) is 13.8 Å². The number of ether oxygens (including phenoxy) is 2. The van der Waals surface area contributed by atoms with Gasteiger partial charge in [-0.05, 0) is 5.56 Å². The molecule has 4 atom stereocenters. The Labute approximate surface area is 153 Å². The fraction of sp³-hybridized carbons (Fsp3) is 0.625. The molecule has 27 heavy (non-hydrogen) atoms. The van der Waals surface area contributed by atoms with E-state index in [0.29, 0.717) is 0 Å². The summed E-state index contributed by atoms with van der Waals surface area (Å²) in [4.78, 5) is 0. The van der Waals surface area contributed by atoms with Gasteiger partial charge in [-0.3, -0.25) is 4.18 Å². The maximum Gasteiger partial charge on any atom is 0.523 e. The van der Waals surface area contributed by atoms with E-state index in [9.17, 15) is 31.8 Å². The Kier molecular flexibility index (Phi) is 4.65. The monoisotopic (exact) mass is 412 g/mol. The first-order valence-electron chi connectivity index (χ1n) is 8.00. The largest absolute Gasteiger partial charge is 0.523 e. The van der Waals surface area contributed by atoms with Crippen LogP contribution in [0.25, 0.3) is 0 Å². The quantitative estimate of drug-likeness (QED) is 0.555. The van der Waals surface area contributed by atoms with Gasteiger partial charge in [-0.1, -0.05) is 44.2 Å². The number of fused-ring (bicyclic) bond motifs is 1. The van der Waals surface area contributed by atoms with E-state index in [0.717, 1.165) is 5.56 Å². The molecule has 3 rings (SSSR count). The predicted octanol–water partition coefficient (Wildman–Crippen LogP) is 1.30. The van der Waals surface area contributed by atoms with Crippen molar-refractivity contribution in [3.63, 3.8) is 0 Å². The number of alkyl halides is 3. The Bertz CT molecular complexity index is 811. The summed E-state index contributed by atoms with van der Waals surface area (Å²) in [6, 6.07) is 8.81. The molecule has 0 radical (unpaired) electrons. The van der Waals surface area contributed by atoms with Gasteiger partial charge in [-0.2, -0.15) is 21.6 Å². The Morgan fingerprint density at radius 3 is 2.33 bits per heavy atom. The number of hydrogen-bond acceptors (Lipinski definition) is 7. The third-order valence-corrected chi connectivity index (χ3v) is 6.45. The van der Waals surface area contributed by atoms with Gasteiger partial charge in [0, 0.05) is 5.41 Å². The lowest BCUT2D eigenvalue weighted by molar-refractivity contribution is -0.272.